The Morgan fingerprint density at radius 2 is 2.07 bits per heavy atom. The third-order valence-electron chi connectivity index (χ3n) is 4.07. The van der Waals surface area contributed by atoms with Gasteiger partial charge in [-0.2, -0.15) is 0 Å². The van der Waals surface area contributed by atoms with Crippen LogP contribution < -0.4 is 5.32 Å². The second kappa shape index (κ2) is 9.10. The minimum atomic E-state index is -0.446. The molecule has 1 aromatic carbocycles. The van der Waals surface area contributed by atoms with Crippen LogP contribution in [0.1, 0.15) is 27.7 Å². The van der Waals surface area contributed by atoms with Gasteiger partial charge in [-0.3, -0.25) is 9.89 Å². The first-order valence-corrected chi connectivity index (χ1v) is 10.6. The number of ether oxygens (including phenoxy) is 1. The molecule has 0 aliphatic rings. The SMILES string of the molecule is CCOC(=O)c1c(NC(=O)CSc2n[nH]c(-c3ccccc3O)n2)sc(C)c1C. The highest BCUT2D eigenvalue weighted by Gasteiger charge is 2.22. The number of aromatic nitrogens is 3. The summed E-state index contributed by atoms with van der Waals surface area (Å²) < 4.78 is 5.09. The molecular weight excluding hydrogens is 412 g/mol. The predicted molar refractivity (Wildman–Crippen MR) is 113 cm³/mol. The van der Waals surface area contributed by atoms with Crippen molar-refractivity contribution in [1.29, 1.82) is 0 Å². The van der Waals surface area contributed by atoms with E-state index < -0.39 is 5.97 Å². The van der Waals surface area contributed by atoms with Crippen molar-refractivity contribution in [2.45, 2.75) is 25.9 Å². The van der Waals surface area contributed by atoms with Crippen LogP contribution in [0.5, 0.6) is 5.75 Å². The normalized spacial score (nSPS) is 10.7. The molecule has 10 heteroatoms. The van der Waals surface area contributed by atoms with Crippen LogP contribution >= 0.6 is 23.1 Å². The lowest BCUT2D eigenvalue weighted by atomic mass is 10.1. The first-order chi connectivity index (χ1) is 13.9. The van der Waals surface area contributed by atoms with E-state index in [9.17, 15) is 14.7 Å². The Morgan fingerprint density at radius 3 is 2.79 bits per heavy atom. The second-order valence-electron chi connectivity index (χ2n) is 6.03. The van der Waals surface area contributed by atoms with Gasteiger partial charge in [-0.25, -0.2) is 9.78 Å². The van der Waals surface area contributed by atoms with Crippen molar-refractivity contribution in [3.8, 4) is 17.1 Å². The average Bonchev–Trinajstić information content (AvgIpc) is 3.25. The van der Waals surface area contributed by atoms with Crippen molar-refractivity contribution in [3.05, 3.63) is 40.3 Å². The zero-order valence-electron chi connectivity index (χ0n) is 16.1. The first-order valence-electron chi connectivity index (χ1n) is 8.81. The number of thioether (sulfide) groups is 1. The van der Waals surface area contributed by atoms with Gasteiger partial charge in [-0.15, -0.1) is 16.4 Å². The molecule has 152 valence electrons. The van der Waals surface area contributed by atoms with Crippen molar-refractivity contribution in [3.63, 3.8) is 0 Å². The molecule has 3 N–H and O–H groups in total. The molecule has 0 bridgehead atoms. The zero-order valence-corrected chi connectivity index (χ0v) is 17.7. The largest absolute Gasteiger partial charge is 0.507 e. The number of esters is 1. The summed E-state index contributed by atoms with van der Waals surface area (Å²) in [5, 5.41) is 20.4. The standard InChI is InChI=1S/C19H20N4O4S2/c1-4-27-18(26)15-10(2)11(3)29-17(15)20-14(25)9-28-19-21-16(22-23-19)12-7-5-6-8-13(12)24/h5-8,24H,4,9H2,1-3H3,(H,20,25)(H,21,22,23). The van der Waals surface area contributed by atoms with Gasteiger partial charge in [-0.1, -0.05) is 23.9 Å². The fourth-order valence-electron chi connectivity index (χ4n) is 2.56. The quantitative estimate of drug-likeness (QED) is 0.384. The van der Waals surface area contributed by atoms with Crippen LogP contribution in [0.4, 0.5) is 5.00 Å². The number of para-hydroxylation sites is 1. The highest BCUT2D eigenvalue weighted by molar-refractivity contribution is 7.99. The highest BCUT2D eigenvalue weighted by atomic mass is 32.2. The maximum Gasteiger partial charge on any atom is 0.341 e. The minimum absolute atomic E-state index is 0.0658. The number of hydrogen-bond donors (Lipinski definition) is 3. The summed E-state index contributed by atoms with van der Waals surface area (Å²) in [6.45, 7) is 5.72. The number of nitrogens with one attached hydrogen (secondary N) is 2. The summed E-state index contributed by atoms with van der Waals surface area (Å²) in [5.41, 5.74) is 1.73. The number of H-pyrrole nitrogens is 1. The van der Waals surface area contributed by atoms with E-state index >= 15 is 0 Å². The van der Waals surface area contributed by atoms with Gasteiger partial charge in [0.15, 0.2) is 5.82 Å². The van der Waals surface area contributed by atoms with Crippen LogP contribution in [0.15, 0.2) is 29.4 Å². The van der Waals surface area contributed by atoms with E-state index in [2.05, 4.69) is 20.5 Å². The van der Waals surface area contributed by atoms with Gasteiger partial charge < -0.3 is 15.2 Å². The molecule has 3 rings (SSSR count). The molecule has 0 saturated heterocycles. The van der Waals surface area contributed by atoms with E-state index in [-0.39, 0.29) is 24.0 Å². The van der Waals surface area contributed by atoms with Crippen LogP contribution in [0.3, 0.4) is 0 Å². The Balaban J connectivity index is 1.65. The number of hydrogen-bond acceptors (Lipinski definition) is 8. The number of aryl methyl sites for hydroxylation is 1. The third kappa shape index (κ3) is 4.77. The molecule has 2 heterocycles. The summed E-state index contributed by atoms with van der Waals surface area (Å²) in [5.74, 6) is -0.154. The lowest BCUT2D eigenvalue weighted by molar-refractivity contribution is -0.113. The van der Waals surface area contributed by atoms with E-state index in [1.54, 1.807) is 31.2 Å². The Morgan fingerprint density at radius 1 is 1.31 bits per heavy atom. The van der Waals surface area contributed by atoms with E-state index in [0.717, 1.165) is 22.2 Å². The number of nitrogens with zero attached hydrogens (tertiary/aromatic N) is 2. The Hall–Kier alpha value is -2.85. The predicted octanol–water partition coefficient (Wildman–Crippen LogP) is 3.76. The fraction of sp³-hybridized carbons (Fsp3) is 0.263. The number of phenolic OH excluding ortho intramolecular Hbond substituents is 1. The molecule has 2 aromatic heterocycles. The first kappa shape index (κ1) is 20.9. The number of phenols is 1. The maximum absolute atomic E-state index is 12.4. The van der Waals surface area contributed by atoms with Gasteiger partial charge in [-0.05, 0) is 38.5 Å². The molecule has 0 aliphatic carbocycles. The fourth-order valence-corrected chi connectivity index (χ4v) is 4.23. The van der Waals surface area contributed by atoms with Gasteiger partial charge in [0.05, 0.1) is 23.5 Å². The van der Waals surface area contributed by atoms with Crippen LogP contribution in [-0.2, 0) is 9.53 Å². The van der Waals surface area contributed by atoms with Gasteiger partial charge >= 0.3 is 5.97 Å². The molecule has 3 aromatic rings. The molecule has 0 radical (unpaired) electrons. The van der Waals surface area contributed by atoms with Gasteiger partial charge in [0, 0.05) is 4.88 Å². The van der Waals surface area contributed by atoms with Gasteiger partial charge in [0.1, 0.15) is 10.8 Å². The van der Waals surface area contributed by atoms with Crippen LogP contribution in [-0.4, -0.2) is 44.5 Å². The molecule has 0 spiro atoms. The highest BCUT2D eigenvalue weighted by Crippen LogP contribution is 2.33. The van der Waals surface area contributed by atoms with Gasteiger partial charge in [0.2, 0.25) is 11.1 Å². The summed E-state index contributed by atoms with van der Waals surface area (Å²) in [6.07, 6.45) is 0. The molecule has 29 heavy (non-hydrogen) atoms. The molecular formula is C19H20N4O4S2. The molecule has 0 fully saturated rings. The second-order valence-corrected chi connectivity index (χ2v) is 8.20. The number of aromatic amines is 1. The number of amides is 1. The zero-order chi connectivity index (χ0) is 21.0. The average molecular weight is 433 g/mol. The molecule has 0 saturated carbocycles. The number of benzene rings is 1. The number of aromatic hydroxyl groups is 1. The molecule has 0 unspecified atom stereocenters. The van der Waals surface area contributed by atoms with E-state index in [1.165, 1.54) is 11.3 Å². The van der Waals surface area contributed by atoms with Gasteiger partial charge in [0.25, 0.3) is 0 Å². The Kier molecular flexibility index (Phi) is 6.55. The van der Waals surface area contributed by atoms with Crippen molar-refractivity contribution in [2.75, 3.05) is 17.7 Å². The Bertz CT molecular complexity index is 1040. The van der Waals surface area contributed by atoms with E-state index in [0.29, 0.717) is 27.1 Å². The Labute approximate surface area is 175 Å². The topological polar surface area (TPSA) is 117 Å². The molecule has 8 nitrogen and oxygen atoms in total. The lowest BCUT2D eigenvalue weighted by Gasteiger charge is -2.06. The number of thiophene rings is 1. The number of anilines is 1. The van der Waals surface area contributed by atoms with Crippen molar-refractivity contribution in [1.82, 2.24) is 15.2 Å². The van der Waals surface area contributed by atoms with Crippen LogP contribution in [0.2, 0.25) is 0 Å². The molecule has 0 atom stereocenters. The van der Waals surface area contributed by atoms with E-state index in [1.807, 2.05) is 13.8 Å². The monoisotopic (exact) mass is 432 g/mol. The summed E-state index contributed by atoms with van der Waals surface area (Å²) in [6, 6.07) is 6.78. The maximum atomic E-state index is 12.4. The van der Waals surface area contributed by atoms with Crippen molar-refractivity contribution >= 4 is 40.0 Å². The summed E-state index contributed by atoms with van der Waals surface area (Å²) in [4.78, 5) is 29.8. The third-order valence-corrected chi connectivity index (χ3v) is 6.04. The smallest absolute Gasteiger partial charge is 0.341 e. The molecule has 1 amide bonds. The summed E-state index contributed by atoms with van der Waals surface area (Å²) in [7, 11) is 0. The lowest BCUT2D eigenvalue weighted by Crippen LogP contribution is -2.16. The number of rotatable bonds is 7. The van der Waals surface area contributed by atoms with Crippen LogP contribution in [0.25, 0.3) is 11.4 Å². The molecule has 0 aliphatic heterocycles. The van der Waals surface area contributed by atoms with Crippen molar-refractivity contribution < 1.29 is 19.4 Å². The number of carbonyl (C=O) groups excluding carboxylic acids is 2. The van der Waals surface area contributed by atoms with Crippen LogP contribution in [0, 0.1) is 13.8 Å². The summed E-state index contributed by atoms with van der Waals surface area (Å²) >= 11 is 2.49. The van der Waals surface area contributed by atoms with E-state index in [4.69, 9.17) is 4.74 Å². The van der Waals surface area contributed by atoms with Crippen molar-refractivity contribution in [2.24, 2.45) is 0 Å². The minimum Gasteiger partial charge on any atom is -0.507 e. The number of carbonyl (C=O) groups is 2.